The molecule has 2 aromatic carbocycles. The van der Waals surface area contributed by atoms with Gasteiger partial charge in [0.05, 0.1) is 25.0 Å². The number of hydrogen-bond acceptors (Lipinski definition) is 6. The second-order valence-corrected chi connectivity index (χ2v) is 6.95. The molecule has 0 unspecified atom stereocenters. The van der Waals surface area contributed by atoms with Crippen LogP contribution in [0.3, 0.4) is 0 Å². The summed E-state index contributed by atoms with van der Waals surface area (Å²) in [6.45, 7) is 0.693. The standard InChI is InChI=1S/C23H21N5O3/c29-22(28-14-13-21(25-28)19-9-5-2-6-10-19)17-31-23(30)12-11-20-16-27(26-24-20)15-18-7-3-1-4-8-18/h1-12,16H,13-15,17H2/b12-11+. The molecule has 3 aromatic rings. The van der Waals surface area contributed by atoms with Crippen LogP contribution in [-0.4, -0.2) is 50.7 Å². The predicted molar refractivity (Wildman–Crippen MR) is 115 cm³/mol. The Bertz CT molecular complexity index is 1110. The van der Waals surface area contributed by atoms with Gasteiger partial charge < -0.3 is 4.74 Å². The van der Waals surface area contributed by atoms with Crippen molar-refractivity contribution < 1.29 is 14.3 Å². The summed E-state index contributed by atoms with van der Waals surface area (Å²) in [5.41, 5.74) is 3.45. The van der Waals surface area contributed by atoms with E-state index in [1.807, 2.05) is 60.7 Å². The van der Waals surface area contributed by atoms with Crippen LogP contribution in [0.15, 0.2) is 78.0 Å². The number of nitrogens with zero attached hydrogens (tertiary/aromatic N) is 5. The number of hydrogen-bond donors (Lipinski definition) is 0. The van der Waals surface area contributed by atoms with Crippen molar-refractivity contribution in [1.82, 2.24) is 20.0 Å². The lowest BCUT2D eigenvalue weighted by Crippen LogP contribution is -2.28. The van der Waals surface area contributed by atoms with Crippen LogP contribution in [0, 0.1) is 0 Å². The quantitative estimate of drug-likeness (QED) is 0.437. The van der Waals surface area contributed by atoms with Crippen molar-refractivity contribution >= 4 is 23.7 Å². The molecule has 1 aliphatic heterocycles. The van der Waals surface area contributed by atoms with Gasteiger partial charge in [-0.3, -0.25) is 4.79 Å². The molecule has 156 valence electrons. The van der Waals surface area contributed by atoms with Gasteiger partial charge in [-0.05, 0) is 17.2 Å². The summed E-state index contributed by atoms with van der Waals surface area (Å²) in [4.78, 5) is 24.2. The number of carbonyl (C=O) groups is 2. The monoisotopic (exact) mass is 415 g/mol. The number of aromatic nitrogens is 3. The minimum Gasteiger partial charge on any atom is -0.452 e. The molecule has 0 N–H and O–H groups in total. The Hall–Kier alpha value is -4.07. The van der Waals surface area contributed by atoms with Gasteiger partial charge in [-0.25, -0.2) is 14.5 Å². The third-order valence-electron chi connectivity index (χ3n) is 4.67. The highest BCUT2D eigenvalue weighted by Crippen LogP contribution is 2.13. The first kappa shape index (κ1) is 20.2. The molecule has 31 heavy (non-hydrogen) atoms. The maximum Gasteiger partial charge on any atom is 0.331 e. The van der Waals surface area contributed by atoms with Crippen LogP contribution in [-0.2, 0) is 20.9 Å². The van der Waals surface area contributed by atoms with Crippen molar-refractivity contribution in [2.75, 3.05) is 13.2 Å². The third-order valence-corrected chi connectivity index (χ3v) is 4.67. The number of rotatable bonds is 7. The van der Waals surface area contributed by atoms with E-state index < -0.39 is 5.97 Å². The second kappa shape index (κ2) is 9.62. The molecule has 0 atom stereocenters. The highest BCUT2D eigenvalue weighted by atomic mass is 16.5. The molecule has 1 aromatic heterocycles. The van der Waals surface area contributed by atoms with Gasteiger partial charge in [0.25, 0.3) is 5.91 Å². The Kier molecular flexibility index (Phi) is 6.27. The molecule has 0 spiro atoms. The Morgan fingerprint density at radius 2 is 1.77 bits per heavy atom. The SMILES string of the molecule is O=C(/C=C/c1cn(Cc2ccccc2)nn1)OCC(=O)N1CCC(c2ccccc2)=N1. The minimum absolute atomic E-state index is 0.360. The smallest absolute Gasteiger partial charge is 0.331 e. The molecule has 4 rings (SSSR count). The van der Waals surface area contributed by atoms with Gasteiger partial charge in [0.15, 0.2) is 6.61 Å². The summed E-state index contributed by atoms with van der Waals surface area (Å²) >= 11 is 0. The maximum absolute atomic E-state index is 12.3. The largest absolute Gasteiger partial charge is 0.452 e. The maximum atomic E-state index is 12.3. The Balaban J connectivity index is 1.25. The molecule has 0 saturated carbocycles. The lowest BCUT2D eigenvalue weighted by atomic mass is 10.1. The fraction of sp³-hybridized carbons (Fsp3) is 0.174. The first-order chi connectivity index (χ1) is 15.2. The predicted octanol–water partition coefficient (Wildman–Crippen LogP) is 2.52. The molecule has 0 radical (unpaired) electrons. The average molecular weight is 415 g/mol. The van der Waals surface area contributed by atoms with Crippen LogP contribution in [0.1, 0.15) is 23.2 Å². The van der Waals surface area contributed by atoms with E-state index in [0.29, 0.717) is 25.2 Å². The van der Waals surface area contributed by atoms with Crippen LogP contribution in [0.5, 0.6) is 0 Å². The fourth-order valence-electron chi connectivity index (χ4n) is 3.12. The molecule has 0 fully saturated rings. The third kappa shape index (κ3) is 5.51. The van der Waals surface area contributed by atoms with E-state index >= 15 is 0 Å². The Morgan fingerprint density at radius 3 is 2.55 bits per heavy atom. The number of carbonyl (C=O) groups excluding carboxylic acids is 2. The number of amides is 1. The van der Waals surface area contributed by atoms with E-state index in [2.05, 4.69) is 15.4 Å². The van der Waals surface area contributed by atoms with Crippen LogP contribution in [0.25, 0.3) is 6.08 Å². The van der Waals surface area contributed by atoms with Crippen LogP contribution in [0.2, 0.25) is 0 Å². The summed E-state index contributed by atoms with van der Waals surface area (Å²) in [5, 5.41) is 13.7. The summed E-state index contributed by atoms with van der Waals surface area (Å²) in [6, 6.07) is 19.6. The highest BCUT2D eigenvalue weighted by Gasteiger charge is 2.22. The number of ether oxygens (including phenoxy) is 1. The summed E-state index contributed by atoms with van der Waals surface area (Å²) in [5.74, 6) is -0.987. The lowest BCUT2D eigenvalue weighted by molar-refractivity contribution is -0.147. The van der Waals surface area contributed by atoms with Crippen molar-refractivity contribution in [2.24, 2.45) is 5.10 Å². The summed E-state index contributed by atoms with van der Waals surface area (Å²) in [7, 11) is 0. The molecular weight excluding hydrogens is 394 g/mol. The molecule has 8 heteroatoms. The zero-order chi connectivity index (χ0) is 21.5. The van der Waals surface area contributed by atoms with E-state index in [9.17, 15) is 9.59 Å². The summed E-state index contributed by atoms with van der Waals surface area (Å²) in [6.07, 6.45) is 5.13. The first-order valence-corrected chi connectivity index (χ1v) is 9.89. The van der Waals surface area contributed by atoms with Gasteiger partial charge in [-0.1, -0.05) is 65.9 Å². The Labute approximate surface area is 179 Å². The molecule has 1 amide bonds. The molecule has 2 heterocycles. The van der Waals surface area contributed by atoms with Crippen LogP contribution < -0.4 is 0 Å². The van der Waals surface area contributed by atoms with Gasteiger partial charge in [0.2, 0.25) is 0 Å². The normalized spacial score (nSPS) is 13.4. The molecular formula is C23H21N5O3. The lowest BCUT2D eigenvalue weighted by Gasteiger charge is -2.10. The highest BCUT2D eigenvalue weighted by molar-refractivity contribution is 6.02. The molecule has 0 aliphatic carbocycles. The topological polar surface area (TPSA) is 89.7 Å². The number of hydrazone groups is 1. The summed E-state index contributed by atoms with van der Waals surface area (Å²) < 4.78 is 6.72. The average Bonchev–Trinajstić information content (AvgIpc) is 3.47. The van der Waals surface area contributed by atoms with E-state index in [1.165, 1.54) is 17.2 Å². The fourth-order valence-corrected chi connectivity index (χ4v) is 3.12. The van der Waals surface area contributed by atoms with Gasteiger partial charge in [-0.15, -0.1) is 5.10 Å². The zero-order valence-electron chi connectivity index (χ0n) is 16.8. The van der Waals surface area contributed by atoms with Gasteiger partial charge >= 0.3 is 5.97 Å². The number of esters is 1. The van der Waals surface area contributed by atoms with Crippen molar-refractivity contribution in [3.8, 4) is 0 Å². The van der Waals surface area contributed by atoms with Gasteiger partial charge in [0, 0.05) is 12.5 Å². The molecule has 8 nitrogen and oxygen atoms in total. The Morgan fingerprint density at radius 1 is 1.03 bits per heavy atom. The van der Waals surface area contributed by atoms with E-state index in [0.717, 1.165) is 16.8 Å². The van der Waals surface area contributed by atoms with Gasteiger partial charge in [0.1, 0.15) is 5.69 Å². The van der Waals surface area contributed by atoms with Crippen LogP contribution in [0.4, 0.5) is 0 Å². The molecule has 0 saturated heterocycles. The molecule has 1 aliphatic rings. The molecule has 0 bridgehead atoms. The number of benzene rings is 2. The van der Waals surface area contributed by atoms with E-state index in [4.69, 9.17) is 4.74 Å². The minimum atomic E-state index is -0.627. The van der Waals surface area contributed by atoms with E-state index in [-0.39, 0.29) is 12.5 Å². The zero-order valence-corrected chi connectivity index (χ0v) is 16.8. The van der Waals surface area contributed by atoms with Crippen LogP contribution >= 0.6 is 0 Å². The van der Waals surface area contributed by atoms with Crippen molar-refractivity contribution in [1.29, 1.82) is 0 Å². The van der Waals surface area contributed by atoms with E-state index in [1.54, 1.807) is 10.9 Å². The van der Waals surface area contributed by atoms with Crippen molar-refractivity contribution in [3.63, 3.8) is 0 Å². The van der Waals surface area contributed by atoms with Crippen molar-refractivity contribution in [2.45, 2.75) is 13.0 Å². The van der Waals surface area contributed by atoms with Crippen molar-refractivity contribution in [3.05, 3.63) is 89.8 Å². The first-order valence-electron chi connectivity index (χ1n) is 9.89. The van der Waals surface area contributed by atoms with Gasteiger partial charge in [-0.2, -0.15) is 5.10 Å². The second-order valence-electron chi connectivity index (χ2n) is 6.95.